The first-order valence-corrected chi connectivity index (χ1v) is 8.22. The summed E-state index contributed by atoms with van der Waals surface area (Å²) in [4.78, 5) is 0. The number of aromatic nitrogens is 2. The van der Waals surface area contributed by atoms with Crippen molar-refractivity contribution >= 4 is 5.82 Å². The first kappa shape index (κ1) is 10.8. The van der Waals surface area contributed by atoms with Gasteiger partial charge in [-0.1, -0.05) is 6.42 Å². The molecule has 3 saturated carbocycles. The third kappa shape index (κ3) is 1.60. The van der Waals surface area contributed by atoms with E-state index in [4.69, 9.17) is 5.10 Å². The van der Waals surface area contributed by atoms with Crippen LogP contribution in [0.15, 0.2) is 6.07 Å². The zero-order chi connectivity index (χ0) is 12.4. The Kier molecular flexibility index (Phi) is 2.13. The molecule has 1 aliphatic heterocycles. The highest BCUT2D eigenvalue weighted by Crippen LogP contribution is 2.53. The minimum atomic E-state index is 0.698. The molecule has 1 aromatic heterocycles. The van der Waals surface area contributed by atoms with Crippen LogP contribution in [-0.4, -0.2) is 16.3 Å². The van der Waals surface area contributed by atoms with Gasteiger partial charge in [0.1, 0.15) is 5.82 Å². The molecule has 0 spiro atoms. The Morgan fingerprint density at radius 2 is 1.95 bits per heavy atom. The maximum Gasteiger partial charge on any atom is 0.124 e. The van der Waals surface area contributed by atoms with Crippen LogP contribution in [0.3, 0.4) is 0 Å². The van der Waals surface area contributed by atoms with Gasteiger partial charge < -0.3 is 5.32 Å². The molecular formula is C16H23N3. The second-order valence-corrected chi connectivity index (χ2v) is 7.30. The van der Waals surface area contributed by atoms with Crippen molar-refractivity contribution in [3.05, 3.63) is 11.8 Å². The molecular weight excluding hydrogens is 234 g/mol. The highest BCUT2D eigenvalue weighted by atomic mass is 15.4. The molecule has 2 heterocycles. The van der Waals surface area contributed by atoms with Gasteiger partial charge >= 0.3 is 0 Å². The van der Waals surface area contributed by atoms with Gasteiger partial charge in [0.15, 0.2) is 0 Å². The van der Waals surface area contributed by atoms with Crippen LogP contribution >= 0.6 is 0 Å². The van der Waals surface area contributed by atoms with Crippen LogP contribution in [0.4, 0.5) is 5.82 Å². The highest BCUT2D eigenvalue weighted by Gasteiger charge is 2.42. The molecule has 2 bridgehead atoms. The van der Waals surface area contributed by atoms with Gasteiger partial charge in [-0.3, -0.25) is 0 Å². The fraction of sp³-hybridized carbons (Fsp3) is 0.812. The molecule has 19 heavy (non-hydrogen) atoms. The predicted molar refractivity (Wildman–Crippen MR) is 75.3 cm³/mol. The van der Waals surface area contributed by atoms with Gasteiger partial charge in [0, 0.05) is 18.5 Å². The summed E-state index contributed by atoms with van der Waals surface area (Å²) >= 11 is 0. The zero-order valence-corrected chi connectivity index (χ0v) is 11.5. The molecule has 102 valence electrons. The lowest BCUT2D eigenvalue weighted by Crippen LogP contribution is -2.24. The van der Waals surface area contributed by atoms with Gasteiger partial charge in [0.2, 0.25) is 0 Å². The van der Waals surface area contributed by atoms with E-state index >= 15 is 0 Å². The number of anilines is 1. The normalized spacial score (nSPS) is 40.2. The molecule has 5 rings (SSSR count). The number of rotatable bonds is 2. The van der Waals surface area contributed by atoms with Crippen LogP contribution in [0.2, 0.25) is 0 Å². The standard InChI is InChI=1S/C16H23N3/c1-2-12-7-10(1)8-13(12)14-9-16-17-6-5-15(11-3-4-11)19(16)18-14/h9-13,15,17H,1-8H2. The minimum Gasteiger partial charge on any atom is -0.370 e. The number of hydrogen-bond acceptors (Lipinski definition) is 2. The summed E-state index contributed by atoms with van der Waals surface area (Å²) in [5, 5.41) is 8.61. The molecule has 0 aromatic carbocycles. The van der Waals surface area contributed by atoms with E-state index in [1.165, 1.54) is 56.5 Å². The summed E-state index contributed by atoms with van der Waals surface area (Å²) in [6.07, 6.45) is 9.95. The van der Waals surface area contributed by atoms with Gasteiger partial charge in [-0.25, -0.2) is 4.68 Å². The predicted octanol–water partition coefficient (Wildman–Crippen LogP) is 3.55. The fourth-order valence-electron chi connectivity index (χ4n) is 4.97. The summed E-state index contributed by atoms with van der Waals surface area (Å²) in [5.74, 6) is 4.97. The Labute approximate surface area is 114 Å². The number of nitrogens with one attached hydrogen (secondary N) is 1. The third-order valence-corrected chi connectivity index (χ3v) is 6.10. The summed E-state index contributed by atoms with van der Waals surface area (Å²) < 4.78 is 2.35. The molecule has 3 nitrogen and oxygen atoms in total. The van der Waals surface area contributed by atoms with Crippen LogP contribution in [0, 0.1) is 17.8 Å². The lowest BCUT2D eigenvalue weighted by atomic mass is 9.86. The van der Waals surface area contributed by atoms with E-state index in [0.717, 1.165) is 30.2 Å². The monoisotopic (exact) mass is 257 g/mol. The minimum absolute atomic E-state index is 0.698. The molecule has 1 aromatic rings. The van der Waals surface area contributed by atoms with Crippen molar-refractivity contribution in [1.82, 2.24) is 9.78 Å². The highest BCUT2D eigenvalue weighted by molar-refractivity contribution is 5.41. The van der Waals surface area contributed by atoms with Crippen molar-refractivity contribution < 1.29 is 0 Å². The first-order chi connectivity index (χ1) is 9.38. The summed E-state index contributed by atoms with van der Waals surface area (Å²) in [6, 6.07) is 3.07. The molecule has 3 aliphatic carbocycles. The number of hydrogen-bond donors (Lipinski definition) is 1. The molecule has 4 aliphatic rings. The van der Waals surface area contributed by atoms with Gasteiger partial charge in [-0.15, -0.1) is 0 Å². The van der Waals surface area contributed by atoms with E-state index in [0.29, 0.717) is 6.04 Å². The third-order valence-electron chi connectivity index (χ3n) is 6.10. The molecule has 3 heteroatoms. The molecule has 0 saturated heterocycles. The number of fused-ring (bicyclic) bond motifs is 3. The second kappa shape index (κ2) is 3.77. The van der Waals surface area contributed by atoms with E-state index in [-0.39, 0.29) is 0 Å². The zero-order valence-electron chi connectivity index (χ0n) is 11.5. The van der Waals surface area contributed by atoms with Crippen molar-refractivity contribution in [3.8, 4) is 0 Å². The van der Waals surface area contributed by atoms with Crippen molar-refractivity contribution in [2.45, 2.75) is 56.9 Å². The van der Waals surface area contributed by atoms with Gasteiger partial charge in [0.25, 0.3) is 0 Å². The Balaban J connectivity index is 1.48. The van der Waals surface area contributed by atoms with E-state index in [2.05, 4.69) is 16.1 Å². The lowest BCUT2D eigenvalue weighted by Gasteiger charge is -2.25. The smallest absolute Gasteiger partial charge is 0.124 e. The van der Waals surface area contributed by atoms with E-state index in [9.17, 15) is 0 Å². The van der Waals surface area contributed by atoms with E-state index < -0.39 is 0 Å². The Morgan fingerprint density at radius 1 is 1.05 bits per heavy atom. The van der Waals surface area contributed by atoms with Crippen LogP contribution in [0.5, 0.6) is 0 Å². The average molecular weight is 257 g/mol. The first-order valence-electron chi connectivity index (χ1n) is 8.22. The van der Waals surface area contributed by atoms with Gasteiger partial charge in [-0.05, 0) is 56.3 Å². The van der Waals surface area contributed by atoms with Crippen molar-refractivity contribution in [2.24, 2.45) is 17.8 Å². The van der Waals surface area contributed by atoms with Gasteiger partial charge in [-0.2, -0.15) is 5.10 Å². The molecule has 4 unspecified atom stereocenters. The second-order valence-electron chi connectivity index (χ2n) is 7.30. The average Bonchev–Trinajstić information content (AvgIpc) is 2.89. The SMILES string of the molecule is c1c(C2CC3CCC2C3)nn2c1NCCC2C1CC1. The molecule has 3 fully saturated rings. The van der Waals surface area contributed by atoms with Gasteiger partial charge in [0.05, 0.1) is 11.7 Å². The molecule has 0 radical (unpaired) electrons. The Hall–Kier alpha value is -0.990. The lowest BCUT2D eigenvalue weighted by molar-refractivity contribution is 0.362. The summed E-state index contributed by atoms with van der Waals surface area (Å²) in [7, 11) is 0. The Morgan fingerprint density at radius 3 is 2.68 bits per heavy atom. The Bertz CT molecular complexity index is 502. The molecule has 0 amide bonds. The van der Waals surface area contributed by atoms with Crippen molar-refractivity contribution in [2.75, 3.05) is 11.9 Å². The molecule has 4 atom stereocenters. The van der Waals surface area contributed by atoms with Crippen LogP contribution < -0.4 is 5.32 Å². The van der Waals surface area contributed by atoms with Crippen LogP contribution in [0.25, 0.3) is 0 Å². The maximum absolute atomic E-state index is 5.05. The molecule has 1 N–H and O–H groups in total. The van der Waals surface area contributed by atoms with Crippen LogP contribution in [-0.2, 0) is 0 Å². The van der Waals surface area contributed by atoms with Crippen LogP contribution in [0.1, 0.15) is 62.6 Å². The summed E-state index contributed by atoms with van der Waals surface area (Å²) in [5.41, 5.74) is 1.40. The topological polar surface area (TPSA) is 29.9 Å². The number of nitrogens with zero attached hydrogens (tertiary/aromatic N) is 2. The largest absolute Gasteiger partial charge is 0.370 e. The fourth-order valence-corrected chi connectivity index (χ4v) is 4.97. The van der Waals surface area contributed by atoms with E-state index in [1.54, 1.807) is 0 Å². The maximum atomic E-state index is 5.05. The van der Waals surface area contributed by atoms with Crippen molar-refractivity contribution in [1.29, 1.82) is 0 Å². The van der Waals surface area contributed by atoms with Crippen molar-refractivity contribution in [3.63, 3.8) is 0 Å². The summed E-state index contributed by atoms with van der Waals surface area (Å²) in [6.45, 7) is 1.14. The van der Waals surface area contributed by atoms with E-state index in [1.807, 2.05) is 0 Å². The quantitative estimate of drug-likeness (QED) is 0.878.